The molecule has 5 heteroatoms. The number of benzene rings is 1. The summed E-state index contributed by atoms with van der Waals surface area (Å²) in [7, 11) is 1.32. The highest BCUT2D eigenvalue weighted by Gasteiger charge is 2.17. The van der Waals surface area contributed by atoms with Crippen LogP contribution in [-0.2, 0) is 16.0 Å². The van der Waals surface area contributed by atoms with Crippen molar-refractivity contribution in [2.45, 2.75) is 18.9 Å². The highest BCUT2D eigenvalue weighted by atomic mass is 32.2. The van der Waals surface area contributed by atoms with E-state index in [-0.39, 0.29) is 12.4 Å². The summed E-state index contributed by atoms with van der Waals surface area (Å²) in [6, 6.07) is 7.99. The number of carbonyl (C=O) groups excluding carboxylic acids is 1. The van der Waals surface area contributed by atoms with Crippen LogP contribution in [0.3, 0.4) is 0 Å². The molecule has 0 saturated carbocycles. The van der Waals surface area contributed by atoms with Crippen molar-refractivity contribution in [2.24, 2.45) is 4.99 Å². The zero-order chi connectivity index (χ0) is 13.0. The molecule has 0 aliphatic carbocycles. The molecular weight excluding hydrogens is 250 g/mol. The van der Waals surface area contributed by atoms with Crippen LogP contribution >= 0.6 is 11.8 Å². The second kappa shape index (κ2) is 6.02. The van der Waals surface area contributed by atoms with Gasteiger partial charge >= 0.3 is 5.97 Å². The molecule has 1 aliphatic rings. The first-order valence-corrected chi connectivity index (χ1v) is 6.70. The van der Waals surface area contributed by atoms with Crippen molar-refractivity contribution in [2.75, 3.05) is 12.9 Å². The van der Waals surface area contributed by atoms with Crippen molar-refractivity contribution in [3.63, 3.8) is 0 Å². The summed E-state index contributed by atoms with van der Waals surface area (Å²) in [6.45, 7) is 0. The second-order valence-electron chi connectivity index (χ2n) is 4.06. The van der Waals surface area contributed by atoms with Gasteiger partial charge in [-0.25, -0.2) is 4.99 Å². The minimum atomic E-state index is -0.686. The zero-order valence-electron chi connectivity index (χ0n) is 10.1. The number of ether oxygens (including phenoxy) is 1. The molecule has 1 heterocycles. The number of aliphatic hydroxyl groups is 1. The molecule has 2 rings (SSSR count). The van der Waals surface area contributed by atoms with Crippen molar-refractivity contribution in [3.05, 3.63) is 29.8 Å². The summed E-state index contributed by atoms with van der Waals surface area (Å²) in [5, 5.41) is 10.6. The van der Waals surface area contributed by atoms with Gasteiger partial charge in [0, 0.05) is 12.2 Å². The summed E-state index contributed by atoms with van der Waals surface area (Å²) in [5.74, 6) is 0.0711. The number of para-hydroxylation sites is 1. The molecule has 0 fully saturated rings. The van der Waals surface area contributed by atoms with Crippen molar-refractivity contribution < 1.29 is 14.6 Å². The monoisotopic (exact) mass is 265 g/mol. The molecule has 0 unspecified atom stereocenters. The largest absolute Gasteiger partial charge is 0.469 e. The molecule has 4 nitrogen and oxygen atoms in total. The molecule has 96 valence electrons. The third-order valence-electron chi connectivity index (χ3n) is 2.65. The SMILES string of the molecule is COC(=O)C[C@@H](O)CSC1=Nc2ccccc2C1. The topological polar surface area (TPSA) is 58.9 Å². The van der Waals surface area contributed by atoms with Crippen molar-refractivity contribution in [1.29, 1.82) is 0 Å². The highest BCUT2D eigenvalue weighted by molar-refractivity contribution is 8.14. The number of esters is 1. The van der Waals surface area contributed by atoms with Crippen LogP contribution in [0.25, 0.3) is 0 Å². The molecule has 0 amide bonds. The third kappa shape index (κ3) is 3.34. The number of aliphatic imine (C=N–C) groups is 1. The molecule has 0 aromatic heterocycles. The van der Waals surface area contributed by atoms with Gasteiger partial charge in [-0.15, -0.1) is 11.8 Å². The van der Waals surface area contributed by atoms with Gasteiger partial charge in [-0.2, -0.15) is 0 Å². The maximum atomic E-state index is 11.0. The summed E-state index contributed by atoms with van der Waals surface area (Å²) in [6.07, 6.45) is 0.157. The number of hydrogen-bond acceptors (Lipinski definition) is 5. The van der Waals surface area contributed by atoms with Gasteiger partial charge in [0.25, 0.3) is 0 Å². The Morgan fingerprint density at radius 1 is 1.56 bits per heavy atom. The fraction of sp³-hybridized carbons (Fsp3) is 0.385. The van der Waals surface area contributed by atoms with Gasteiger partial charge in [0.2, 0.25) is 0 Å². The smallest absolute Gasteiger partial charge is 0.308 e. The molecular formula is C13H15NO3S. The van der Waals surface area contributed by atoms with Gasteiger partial charge in [-0.3, -0.25) is 4.79 Å². The summed E-state index contributed by atoms with van der Waals surface area (Å²) < 4.78 is 4.50. The average molecular weight is 265 g/mol. The number of methoxy groups -OCH3 is 1. The van der Waals surface area contributed by atoms with E-state index in [0.717, 1.165) is 17.2 Å². The predicted octanol–water partition coefficient (Wildman–Crippen LogP) is 1.93. The molecule has 0 saturated heterocycles. The molecule has 18 heavy (non-hydrogen) atoms. The number of aliphatic hydroxyl groups excluding tert-OH is 1. The first-order chi connectivity index (χ1) is 8.69. The van der Waals surface area contributed by atoms with Crippen molar-refractivity contribution in [1.82, 2.24) is 0 Å². The van der Waals surface area contributed by atoms with E-state index in [1.807, 2.05) is 18.2 Å². The number of fused-ring (bicyclic) bond motifs is 1. The molecule has 1 aromatic carbocycles. The van der Waals surface area contributed by atoms with Gasteiger partial charge in [-0.1, -0.05) is 18.2 Å². The molecule has 0 bridgehead atoms. The molecule has 0 spiro atoms. The van der Waals surface area contributed by atoms with Gasteiger partial charge < -0.3 is 9.84 Å². The van der Waals surface area contributed by atoms with Crippen LogP contribution in [0.15, 0.2) is 29.3 Å². The maximum Gasteiger partial charge on any atom is 0.308 e. The van der Waals surface area contributed by atoms with E-state index in [1.54, 1.807) is 0 Å². The third-order valence-corrected chi connectivity index (χ3v) is 3.77. The lowest BCUT2D eigenvalue weighted by molar-refractivity contribution is -0.142. The first-order valence-electron chi connectivity index (χ1n) is 5.72. The Bertz CT molecular complexity index is 473. The number of carbonyl (C=O) groups is 1. The highest BCUT2D eigenvalue weighted by Crippen LogP contribution is 2.30. The number of rotatable bonds is 4. The molecule has 0 radical (unpaired) electrons. The Morgan fingerprint density at radius 2 is 2.33 bits per heavy atom. The van der Waals surface area contributed by atoms with Crippen molar-refractivity contribution in [3.8, 4) is 0 Å². The Hall–Kier alpha value is -1.33. The van der Waals surface area contributed by atoms with Gasteiger partial charge in [0.1, 0.15) is 0 Å². The Kier molecular flexibility index (Phi) is 4.38. The Labute approximate surface area is 110 Å². The standard InChI is InChI=1S/C13H15NO3S/c1-17-13(16)7-10(15)8-18-12-6-9-4-2-3-5-11(9)14-12/h2-5,10,15H,6-8H2,1H3/t10-/m1/s1. The van der Waals surface area contributed by atoms with Crippen LogP contribution in [0.2, 0.25) is 0 Å². The normalized spacial score (nSPS) is 14.9. The fourth-order valence-electron chi connectivity index (χ4n) is 1.72. The zero-order valence-corrected chi connectivity index (χ0v) is 10.9. The van der Waals surface area contributed by atoms with E-state index < -0.39 is 6.10 Å². The quantitative estimate of drug-likeness (QED) is 0.845. The molecule has 1 aromatic rings. The number of hydrogen-bond donors (Lipinski definition) is 1. The van der Waals surface area contributed by atoms with E-state index in [4.69, 9.17) is 0 Å². The predicted molar refractivity (Wildman–Crippen MR) is 72.3 cm³/mol. The molecule has 1 N–H and O–H groups in total. The summed E-state index contributed by atoms with van der Waals surface area (Å²) in [5.41, 5.74) is 2.21. The van der Waals surface area contributed by atoms with E-state index in [2.05, 4.69) is 15.8 Å². The Balaban J connectivity index is 1.81. The minimum absolute atomic E-state index is 0.0315. The average Bonchev–Trinajstić information content (AvgIpc) is 2.79. The van der Waals surface area contributed by atoms with Crippen LogP contribution in [0, 0.1) is 0 Å². The van der Waals surface area contributed by atoms with E-state index >= 15 is 0 Å². The van der Waals surface area contributed by atoms with Crippen LogP contribution < -0.4 is 0 Å². The van der Waals surface area contributed by atoms with E-state index in [0.29, 0.717) is 5.75 Å². The van der Waals surface area contributed by atoms with Crippen LogP contribution in [0.1, 0.15) is 12.0 Å². The maximum absolute atomic E-state index is 11.0. The van der Waals surface area contributed by atoms with E-state index in [9.17, 15) is 9.90 Å². The Morgan fingerprint density at radius 3 is 3.06 bits per heavy atom. The molecule has 1 atom stereocenters. The minimum Gasteiger partial charge on any atom is -0.469 e. The fourth-order valence-corrected chi connectivity index (χ4v) is 2.64. The second-order valence-corrected chi connectivity index (χ2v) is 5.15. The van der Waals surface area contributed by atoms with Crippen LogP contribution in [0.5, 0.6) is 0 Å². The lowest BCUT2D eigenvalue weighted by Gasteiger charge is -2.08. The van der Waals surface area contributed by atoms with Crippen LogP contribution in [-0.4, -0.2) is 35.1 Å². The number of thioether (sulfide) groups is 1. The van der Waals surface area contributed by atoms with Gasteiger partial charge in [0.05, 0.1) is 30.4 Å². The van der Waals surface area contributed by atoms with Gasteiger partial charge in [0.15, 0.2) is 0 Å². The first kappa shape index (κ1) is 13.1. The number of nitrogens with zero attached hydrogens (tertiary/aromatic N) is 1. The lowest BCUT2D eigenvalue weighted by atomic mass is 10.2. The lowest BCUT2D eigenvalue weighted by Crippen LogP contribution is -2.17. The van der Waals surface area contributed by atoms with Crippen molar-refractivity contribution >= 4 is 28.5 Å². The molecule has 1 aliphatic heterocycles. The van der Waals surface area contributed by atoms with Crippen LogP contribution in [0.4, 0.5) is 5.69 Å². The summed E-state index contributed by atoms with van der Waals surface area (Å²) >= 11 is 1.49. The van der Waals surface area contributed by atoms with E-state index in [1.165, 1.54) is 24.4 Å². The van der Waals surface area contributed by atoms with Gasteiger partial charge in [-0.05, 0) is 11.6 Å². The summed E-state index contributed by atoms with van der Waals surface area (Å²) in [4.78, 5) is 15.5.